The van der Waals surface area contributed by atoms with E-state index in [-0.39, 0.29) is 18.4 Å². The highest BCUT2D eigenvalue weighted by molar-refractivity contribution is 6.42. The van der Waals surface area contributed by atoms with Crippen molar-refractivity contribution in [3.05, 3.63) is 372 Å². The second-order valence-corrected chi connectivity index (χ2v) is 25.1. The third-order valence-electron chi connectivity index (χ3n) is 18.9. The predicted molar refractivity (Wildman–Crippen MR) is 396 cm³/mol. The van der Waals surface area contributed by atoms with E-state index in [1.54, 1.807) is 24.8 Å². The average Bonchev–Trinajstić information content (AvgIpc) is 1.50. The van der Waals surface area contributed by atoms with Crippen molar-refractivity contribution in [2.45, 2.75) is 42.4 Å². The summed E-state index contributed by atoms with van der Waals surface area (Å²) in [6.07, 6.45) is 5.92. The van der Waals surface area contributed by atoms with E-state index in [1.165, 1.54) is 0 Å². The van der Waals surface area contributed by atoms with Crippen LogP contribution in [0.4, 0.5) is 20.2 Å². The zero-order valence-electron chi connectivity index (χ0n) is 55.2. The molecule has 0 unspecified atom stereocenters. The van der Waals surface area contributed by atoms with Gasteiger partial charge in [-0.15, -0.1) is 0 Å². The van der Waals surface area contributed by atoms with Gasteiger partial charge in [0, 0.05) is 66.1 Å². The number of alkyl halides is 2. The number of pyridine rings is 2. The van der Waals surface area contributed by atoms with Crippen LogP contribution in [0.5, 0.6) is 0 Å². The van der Waals surface area contributed by atoms with Gasteiger partial charge < -0.3 is 20.7 Å². The summed E-state index contributed by atoms with van der Waals surface area (Å²) in [6.45, 7) is -0.318. The highest BCUT2D eigenvalue weighted by Crippen LogP contribution is 2.48. The largest absolute Gasteiger partial charge is 0.343 e. The molecule has 4 aromatic heterocycles. The Morgan fingerprint density at radius 3 is 1.10 bits per heavy atom. The SMILES string of the molecule is O=C(N[C@H](CNCC(F)F)c1ccccc1)C1=Nc2cc3c(-c4ccncc4)nn(C(c4ccccc4)(c4ccccc4)c4ccccc4)c3cc2C1.O=C[C@@H](NC(=O)C1=Nc2cc3c(-c4ccncc4)nn(C(c4ccccc4)(c4ccccc4)c4ccccc4)c3cc2C1)c1ccccc1. The van der Waals surface area contributed by atoms with Crippen molar-refractivity contribution in [3.8, 4) is 22.5 Å². The number of amides is 2. The van der Waals surface area contributed by atoms with Crippen LogP contribution in [0.2, 0.25) is 0 Å². The van der Waals surface area contributed by atoms with Crippen LogP contribution in [0.15, 0.2) is 326 Å². The van der Waals surface area contributed by atoms with E-state index in [2.05, 4.69) is 157 Å². The first-order chi connectivity index (χ1) is 50.2. The molecule has 16 rings (SSSR count). The molecule has 2 aliphatic rings. The molecule has 2 amide bonds. The fourth-order valence-electron chi connectivity index (χ4n) is 14.2. The Balaban J connectivity index is 0.000000165. The molecule has 0 bridgehead atoms. The van der Waals surface area contributed by atoms with E-state index in [0.29, 0.717) is 41.2 Å². The van der Waals surface area contributed by atoms with Gasteiger partial charge in [0.25, 0.3) is 18.2 Å². The first-order valence-corrected chi connectivity index (χ1v) is 33.8. The van der Waals surface area contributed by atoms with Crippen molar-refractivity contribution < 1.29 is 23.2 Å². The van der Waals surface area contributed by atoms with E-state index in [4.69, 9.17) is 20.2 Å². The molecule has 0 aliphatic carbocycles. The number of halogens is 2. The number of aliphatic imine (C=N–C) groups is 2. The second-order valence-electron chi connectivity index (χ2n) is 25.1. The molecular weight excluding hydrogens is 1270 g/mol. The van der Waals surface area contributed by atoms with Crippen LogP contribution in [0.1, 0.15) is 67.7 Å². The van der Waals surface area contributed by atoms with Crippen molar-refractivity contribution in [3.63, 3.8) is 0 Å². The molecule has 10 aromatic carbocycles. The van der Waals surface area contributed by atoms with Gasteiger partial charge in [-0.2, -0.15) is 10.2 Å². The highest BCUT2D eigenvalue weighted by Gasteiger charge is 2.44. The van der Waals surface area contributed by atoms with Gasteiger partial charge in [0.2, 0.25) is 0 Å². The van der Waals surface area contributed by atoms with Crippen molar-refractivity contribution in [2.24, 2.45) is 9.98 Å². The Kier molecular flexibility index (Phi) is 18.5. The van der Waals surface area contributed by atoms with E-state index in [0.717, 1.165) is 101 Å². The standard InChI is InChI=1S/C44H36F2N6O.C42H31N5O2/c45-41(46)29-48-28-39(30-13-5-1-6-14-30)50-43(53)38-25-32-26-40-36(27-37(32)49-38)42(31-21-23-47-24-22-31)51-52(40)44(33-15-7-2-8-16-33,34-17-9-3-10-18-34)35-19-11-4-12-20-35;48-28-38(29-13-5-1-6-14-29)45-41(49)37-25-31-26-39-35(27-36(31)44-37)40(30-21-23-43-24-22-30)46-47(39)42(32-15-7-2-8-16-32,33-17-9-3-10-18-33)34-19-11-4-12-20-34/h1-24,26-27,39,41,48H,25,28-29H2,(H,50,53);1-24,26-28,38H,25H2,(H,45,49)/t39-;38-/m11/s1. The highest BCUT2D eigenvalue weighted by atomic mass is 19.3. The first-order valence-electron chi connectivity index (χ1n) is 33.8. The Hall–Kier alpha value is -12.8. The van der Waals surface area contributed by atoms with E-state index in [9.17, 15) is 23.2 Å². The Bertz CT molecular complexity index is 5150. The number of fused-ring (bicyclic) bond motifs is 4. The second kappa shape index (κ2) is 29.0. The number of aldehydes is 1. The zero-order valence-corrected chi connectivity index (χ0v) is 55.2. The molecule has 2 atom stereocenters. The minimum atomic E-state index is -2.50. The van der Waals surface area contributed by atoms with Crippen LogP contribution >= 0.6 is 0 Å². The number of rotatable bonds is 21. The van der Waals surface area contributed by atoms with Crippen LogP contribution in [0, 0.1) is 0 Å². The summed E-state index contributed by atoms with van der Waals surface area (Å²) in [6, 6.07) is 95.8. The molecule has 16 heteroatoms. The van der Waals surface area contributed by atoms with Gasteiger partial charge in [0.15, 0.2) is 0 Å². The molecule has 2 aliphatic heterocycles. The number of nitrogens with zero attached hydrogens (tertiary/aromatic N) is 8. The molecule has 102 heavy (non-hydrogen) atoms. The van der Waals surface area contributed by atoms with Gasteiger partial charge in [0.05, 0.1) is 35.0 Å². The Morgan fingerprint density at radius 1 is 0.422 bits per heavy atom. The smallest absolute Gasteiger partial charge is 0.266 e. The summed E-state index contributed by atoms with van der Waals surface area (Å²) in [4.78, 5) is 57.6. The first kappa shape index (κ1) is 65.2. The fraction of sp³-hybridized carbons (Fsp3) is 0.105. The number of nitrogens with one attached hydrogen (secondary N) is 3. The average molecular weight is 1340 g/mol. The van der Waals surface area contributed by atoms with Gasteiger partial charge in [-0.05, 0) is 104 Å². The number of carbonyl (C=O) groups excluding carboxylic acids is 3. The van der Waals surface area contributed by atoms with E-state index in [1.807, 2.05) is 170 Å². The van der Waals surface area contributed by atoms with Crippen LogP contribution in [-0.4, -0.2) is 78.6 Å². The molecule has 0 fully saturated rings. The lowest BCUT2D eigenvalue weighted by molar-refractivity contribution is -0.119. The van der Waals surface area contributed by atoms with Crippen LogP contribution in [0.25, 0.3) is 44.3 Å². The molecule has 0 saturated carbocycles. The fourth-order valence-corrected chi connectivity index (χ4v) is 14.2. The monoisotopic (exact) mass is 1340 g/mol. The number of aromatic nitrogens is 6. The summed E-state index contributed by atoms with van der Waals surface area (Å²) >= 11 is 0. The summed E-state index contributed by atoms with van der Waals surface area (Å²) in [5, 5.41) is 21.4. The van der Waals surface area contributed by atoms with Gasteiger partial charge in [-0.3, -0.25) is 19.6 Å². The van der Waals surface area contributed by atoms with E-state index >= 15 is 0 Å². The molecule has 14 nitrogen and oxygen atoms in total. The quantitative estimate of drug-likeness (QED) is 0.0471. The lowest BCUT2D eigenvalue weighted by Gasteiger charge is -2.37. The molecule has 0 spiro atoms. The predicted octanol–water partition coefficient (Wildman–Crippen LogP) is 15.9. The topological polar surface area (TPSA) is 173 Å². The molecule has 0 saturated heterocycles. The van der Waals surface area contributed by atoms with Gasteiger partial charge in [-0.25, -0.2) is 28.1 Å². The number of benzene rings is 10. The van der Waals surface area contributed by atoms with Gasteiger partial charge in [0.1, 0.15) is 46.2 Å². The van der Waals surface area contributed by atoms with Gasteiger partial charge in [-0.1, -0.05) is 243 Å². The van der Waals surface area contributed by atoms with Crippen LogP contribution in [-0.2, 0) is 38.3 Å². The third kappa shape index (κ3) is 12.6. The van der Waals surface area contributed by atoms with Crippen molar-refractivity contribution >= 4 is 62.7 Å². The summed E-state index contributed by atoms with van der Waals surface area (Å²) in [5.74, 6) is -0.717. The molecule has 498 valence electrons. The van der Waals surface area contributed by atoms with Gasteiger partial charge >= 0.3 is 0 Å². The molecular formula is C86H67F2N11O3. The zero-order chi connectivity index (χ0) is 69.4. The third-order valence-corrected chi connectivity index (χ3v) is 18.9. The minimum absolute atomic E-state index is 0.149. The molecule has 6 heterocycles. The Labute approximate surface area is 587 Å². The number of hydrogen-bond acceptors (Lipinski definition) is 10. The van der Waals surface area contributed by atoms with Crippen LogP contribution in [0.3, 0.4) is 0 Å². The maximum absolute atomic E-state index is 13.9. The van der Waals surface area contributed by atoms with Crippen LogP contribution < -0.4 is 16.0 Å². The lowest BCUT2D eigenvalue weighted by atomic mass is 9.77. The number of carbonyl (C=O) groups is 3. The van der Waals surface area contributed by atoms with E-state index < -0.39 is 36.1 Å². The summed E-state index contributed by atoms with van der Waals surface area (Å²) in [7, 11) is 0. The number of hydrogen-bond donors (Lipinski definition) is 3. The van der Waals surface area contributed by atoms with Crippen molar-refractivity contribution in [1.29, 1.82) is 0 Å². The summed E-state index contributed by atoms with van der Waals surface area (Å²) in [5.41, 5.74) is 15.1. The van der Waals surface area contributed by atoms with Crippen molar-refractivity contribution in [2.75, 3.05) is 13.1 Å². The lowest BCUT2D eigenvalue weighted by Crippen LogP contribution is -2.40. The Morgan fingerprint density at radius 2 is 0.755 bits per heavy atom. The molecule has 3 N–H and O–H groups in total. The minimum Gasteiger partial charge on any atom is -0.343 e. The maximum atomic E-state index is 13.9. The van der Waals surface area contributed by atoms with Crippen molar-refractivity contribution in [1.82, 2.24) is 45.5 Å². The molecule has 14 aromatic rings. The normalized spacial score (nSPS) is 13.1. The summed E-state index contributed by atoms with van der Waals surface area (Å²) < 4.78 is 30.2. The molecule has 0 radical (unpaired) electrons. The maximum Gasteiger partial charge on any atom is 0.266 e.